The summed E-state index contributed by atoms with van der Waals surface area (Å²) in [4.78, 5) is 18.9. The number of nitrogens with one attached hydrogen (secondary N) is 1. The van der Waals surface area contributed by atoms with E-state index >= 15 is 0 Å². The number of carbonyl (C=O) groups excluding carboxylic acids is 1. The number of carbonyl (C=O) groups is 1. The average molecular weight is 278 g/mol. The monoisotopic (exact) mass is 278 g/mol. The van der Waals surface area contributed by atoms with E-state index in [-0.39, 0.29) is 5.91 Å². The normalized spacial score (nSPS) is 14.2. The molecular weight excluding hydrogens is 264 g/mol. The van der Waals surface area contributed by atoms with Gasteiger partial charge < -0.3 is 4.90 Å². The van der Waals surface area contributed by atoms with Crippen LogP contribution in [0.3, 0.4) is 0 Å². The lowest BCUT2D eigenvalue weighted by atomic mass is 10.1. The van der Waals surface area contributed by atoms with Gasteiger partial charge in [0.05, 0.1) is 11.7 Å². The Balaban J connectivity index is 1.64. The topological polar surface area (TPSA) is 61.9 Å². The molecule has 1 aliphatic rings. The number of pyridine rings is 1. The van der Waals surface area contributed by atoms with Crippen LogP contribution in [0.15, 0.2) is 42.6 Å². The van der Waals surface area contributed by atoms with Crippen LogP contribution in [0.4, 0.5) is 0 Å². The van der Waals surface area contributed by atoms with Gasteiger partial charge in [-0.3, -0.25) is 9.89 Å². The third kappa shape index (κ3) is 2.07. The van der Waals surface area contributed by atoms with E-state index in [4.69, 9.17) is 0 Å². The third-order valence-corrected chi connectivity index (χ3v) is 3.91. The number of aromatic nitrogens is 3. The summed E-state index contributed by atoms with van der Waals surface area (Å²) < 4.78 is 0. The smallest absolute Gasteiger partial charge is 0.272 e. The first kappa shape index (κ1) is 12.1. The van der Waals surface area contributed by atoms with Crippen LogP contribution in [0.1, 0.15) is 21.7 Å². The Morgan fingerprint density at radius 1 is 1.19 bits per heavy atom. The number of para-hydroxylation sites is 1. The van der Waals surface area contributed by atoms with Crippen molar-refractivity contribution in [2.24, 2.45) is 0 Å². The molecule has 5 heteroatoms. The van der Waals surface area contributed by atoms with Gasteiger partial charge in [-0.2, -0.15) is 5.10 Å². The van der Waals surface area contributed by atoms with Gasteiger partial charge in [0.15, 0.2) is 0 Å². The number of H-pyrrole nitrogens is 1. The molecule has 0 saturated heterocycles. The van der Waals surface area contributed by atoms with Gasteiger partial charge in [-0.1, -0.05) is 24.3 Å². The van der Waals surface area contributed by atoms with Crippen molar-refractivity contribution in [3.63, 3.8) is 0 Å². The van der Waals surface area contributed by atoms with E-state index in [1.54, 1.807) is 12.3 Å². The van der Waals surface area contributed by atoms with Crippen LogP contribution in [0, 0.1) is 0 Å². The molecule has 1 amide bonds. The second-order valence-corrected chi connectivity index (χ2v) is 5.24. The summed E-state index contributed by atoms with van der Waals surface area (Å²) in [6.07, 6.45) is 2.61. The highest BCUT2D eigenvalue weighted by molar-refractivity contribution is 5.95. The Hall–Kier alpha value is -2.69. The fraction of sp³-hybridized carbons (Fsp3) is 0.188. The number of nitrogens with zero attached hydrogens (tertiary/aromatic N) is 3. The number of benzene rings is 1. The Morgan fingerprint density at radius 2 is 2.10 bits per heavy atom. The zero-order valence-corrected chi connectivity index (χ0v) is 11.4. The van der Waals surface area contributed by atoms with Crippen molar-refractivity contribution in [3.05, 3.63) is 59.5 Å². The van der Waals surface area contributed by atoms with Crippen LogP contribution in [-0.2, 0) is 13.0 Å². The zero-order valence-electron chi connectivity index (χ0n) is 11.4. The lowest BCUT2D eigenvalue weighted by Gasteiger charge is -2.26. The molecule has 21 heavy (non-hydrogen) atoms. The lowest BCUT2D eigenvalue weighted by Crippen LogP contribution is -2.36. The molecule has 5 nitrogen and oxygen atoms in total. The van der Waals surface area contributed by atoms with Crippen molar-refractivity contribution >= 4 is 16.8 Å². The van der Waals surface area contributed by atoms with Crippen LogP contribution in [0.2, 0.25) is 0 Å². The van der Waals surface area contributed by atoms with Crippen LogP contribution in [-0.4, -0.2) is 32.5 Å². The molecule has 1 N–H and O–H groups in total. The van der Waals surface area contributed by atoms with Crippen LogP contribution < -0.4 is 0 Å². The molecule has 1 aliphatic heterocycles. The van der Waals surface area contributed by atoms with E-state index in [9.17, 15) is 4.79 Å². The second-order valence-electron chi connectivity index (χ2n) is 5.24. The largest absolute Gasteiger partial charge is 0.332 e. The van der Waals surface area contributed by atoms with Gasteiger partial charge in [-0.25, -0.2) is 4.98 Å². The molecule has 1 aromatic carbocycles. The molecule has 2 aromatic heterocycles. The molecule has 0 atom stereocenters. The third-order valence-electron chi connectivity index (χ3n) is 3.91. The summed E-state index contributed by atoms with van der Waals surface area (Å²) in [6, 6.07) is 11.6. The van der Waals surface area contributed by atoms with Crippen LogP contribution >= 0.6 is 0 Å². The zero-order chi connectivity index (χ0) is 14.2. The van der Waals surface area contributed by atoms with Crippen molar-refractivity contribution in [2.45, 2.75) is 13.0 Å². The summed E-state index contributed by atoms with van der Waals surface area (Å²) in [5, 5.41) is 8.06. The first-order valence-electron chi connectivity index (χ1n) is 6.97. The van der Waals surface area contributed by atoms with Gasteiger partial charge in [0, 0.05) is 36.2 Å². The quantitative estimate of drug-likeness (QED) is 0.742. The number of hydrogen-bond donors (Lipinski definition) is 1. The molecule has 3 aromatic rings. The maximum Gasteiger partial charge on any atom is 0.272 e. The van der Waals surface area contributed by atoms with Gasteiger partial charge >= 0.3 is 0 Å². The first-order valence-corrected chi connectivity index (χ1v) is 6.97. The van der Waals surface area contributed by atoms with Crippen LogP contribution in [0.5, 0.6) is 0 Å². The highest BCUT2D eigenvalue weighted by Crippen LogP contribution is 2.19. The lowest BCUT2D eigenvalue weighted by molar-refractivity contribution is 0.0729. The number of rotatable bonds is 1. The Kier molecular flexibility index (Phi) is 2.70. The summed E-state index contributed by atoms with van der Waals surface area (Å²) >= 11 is 0. The number of aromatic amines is 1. The Labute approximate surface area is 121 Å². The van der Waals surface area contributed by atoms with E-state index in [1.807, 2.05) is 35.2 Å². The Morgan fingerprint density at radius 3 is 3.05 bits per heavy atom. The molecular formula is C16H14N4O. The molecule has 0 radical (unpaired) electrons. The molecule has 0 aliphatic carbocycles. The fourth-order valence-electron chi connectivity index (χ4n) is 2.74. The molecule has 0 fully saturated rings. The van der Waals surface area contributed by atoms with Gasteiger partial charge in [-0.05, 0) is 12.1 Å². The maximum absolute atomic E-state index is 12.6. The molecule has 0 unspecified atom stereocenters. The highest BCUT2D eigenvalue weighted by atomic mass is 16.2. The van der Waals surface area contributed by atoms with Crippen molar-refractivity contribution in [3.8, 4) is 0 Å². The minimum absolute atomic E-state index is 0.0207. The van der Waals surface area contributed by atoms with Crippen molar-refractivity contribution in [1.29, 1.82) is 0 Å². The molecule has 0 saturated carbocycles. The van der Waals surface area contributed by atoms with Gasteiger partial charge in [0.25, 0.3) is 5.91 Å². The standard InChI is InChI=1S/C16H14N4O/c21-16(20-8-7-14-12(10-20)9-17-19-14)15-6-5-11-3-1-2-4-13(11)18-15/h1-6,9H,7-8,10H2,(H,17,19). The molecule has 104 valence electrons. The molecule has 4 rings (SSSR count). The minimum atomic E-state index is -0.0207. The number of fused-ring (bicyclic) bond motifs is 2. The Bertz CT molecular complexity index is 824. The van der Waals surface area contributed by atoms with Crippen molar-refractivity contribution in [2.75, 3.05) is 6.54 Å². The molecule has 0 spiro atoms. The van der Waals surface area contributed by atoms with Gasteiger partial charge in [0.1, 0.15) is 5.69 Å². The van der Waals surface area contributed by atoms with Gasteiger partial charge in [0.2, 0.25) is 0 Å². The first-order chi connectivity index (χ1) is 10.3. The number of hydrogen-bond acceptors (Lipinski definition) is 3. The number of amides is 1. The van der Waals surface area contributed by atoms with E-state index in [0.717, 1.165) is 28.6 Å². The van der Waals surface area contributed by atoms with Crippen LogP contribution in [0.25, 0.3) is 10.9 Å². The maximum atomic E-state index is 12.6. The predicted molar refractivity (Wildman–Crippen MR) is 78.8 cm³/mol. The summed E-state index contributed by atoms with van der Waals surface area (Å²) in [6.45, 7) is 1.29. The fourth-order valence-corrected chi connectivity index (χ4v) is 2.74. The average Bonchev–Trinajstić information content (AvgIpc) is 3.01. The highest BCUT2D eigenvalue weighted by Gasteiger charge is 2.23. The van der Waals surface area contributed by atoms with E-state index in [1.165, 1.54) is 0 Å². The summed E-state index contributed by atoms with van der Waals surface area (Å²) in [5.74, 6) is -0.0207. The van der Waals surface area contributed by atoms with Crippen molar-refractivity contribution in [1.82, 2.24) is 20.1 Å². The molecule has 0 bridgehead atoms. The summed E-state index contributed by atoms with van der Waals surface area (Å²) in [5.41, 5.74) is 3.57. The minimum Gasteiger partial charge on any atom is -0.332 e. The SMILES string of the molecule is O=C(c1ccc2ccccc2n1)N1CCc2[nH]ncc2C1. The van der Waals surface area contributed by atoms with Gasteiger partial charge in [-0.15, -0.1) is 0 Å². The predicted octanol–water partition coefficient (Wildman–Crippen LogP) is 2.16. The van der Waals surface area contributed by atoms with E-state index < -0.39 is 0 Å². The van der Waals surface area contributed by atoms with Crippen molar-refractivity contribution < 1.29 is 4.79 Å². The summed E-state index contributed by atoms with van der Waals surface area (Å²) in [7, 11) is 0. The second kappa shape index (κ2) is 4.70. The molecule has 3 heterocycles. The van der Waals surface area contributed by atoms with E-state index in [0.29, 0.717) is 18.8 Å². The van der Waals surface area contributed by atoms with E-state index in [2.05, 4.69) is 15.2 Å².